The molecule has 10 heteroatoms. The molecule has 4 rings (SSSR count). The molecule has 0 saturated carbocycles. The van der Waals surface area contributed by atoms with Crippen molar-refractivity contribution in [1.82, 2.24) is 14.5 Å². The van der Waals surface area contributed by atoms with Crippen molar-refractivity contribution in [2.24, 2.45) is 0 Å². The summed E-state index contributed by atoms with van der Waals surface area (Å²) in [6, 6.07) is 5.85. The highest BCUT2D eigenvalue weighted by Gasteiger charge is 2.44. The molecule has 0 bridgehead atoms. The molecule has 30 heavy (non-hydrogen) atoms. The zero-order chi connectivity index (χ0) is 21.6. The van der Waals surface area contributed by atoms with Gasteiger partial charge in [-0.2, -0.15) is 0 Å². The van der Waals surface area contributed by atoms with Crippen molar-refractivity contribution in [3.05, 3.63) is 68.0 Å². The van der Waals surface area contributed by atoms with Gasteiger partial charge in [0.15, 0.2) is 6.54 Å². The molecule has 3 N–H and O–H groups in total. The molecule has 2 amide bonds. The van der Waals surface area contributed by atoms with Gasteiger partial charge in [-0.05, 0) is 19.1 Å². The number of H-pyrrole nitrogens is 1. The number of amides is 2. The highest BCUT2D eigenvalue weighted by molar-refractivity contribution is 6.21. The first-order valence-electron chi connectivity index (χ1n) is 9.60. The van der Waals surface area contributed by atoms with Crippen LogP contribution in [0.3, 0.4) is 0 Å². The molecule has 1 fully saturated rings. The number of nitrogens with zero attached hydrogens (tertiary/aromatic N) is 2. The van der Waals surface area contributed by atoms with Crippen molar-refractivity contribution in [2.45, 2.75) is 25.4 Å². The summed E-state index contributed by atoms with van der Waals surface area (Å²) in [5.74, 6) is -1.81. The number of quaternary nitrogens is 1. The molecule has 1 saturated heterocycles. The van der Waals surface area contributed by atoms with Gasteiger partial charge in [0, 0.05) is 18.2 Å². The van der Waals surface area contributed by atoms with E-state index in [4.69, 9.17) is 0 Å². The number of hydrogen-bond acceptors (Lipinski definition) is 5. The van der Waals surface area contributed by atoms with E-state index >= 15 is 0 Å². The summed E-state index contributed by atoms with van der Waals surface area (Å²) in [4.78, 5) is 64.8. The standard InChI is InChI=1S/C20H20N4O6/c1-11-7-23(20(30)21-17(11)27)13-6-12(22(8-13)10-16(25)26)9-24-18(28)14-4-2-3-5-15(14)19(24)29/h2-5,7,12-13H,6,8-10H2,1H3,(H,25,26)(H,21,27,30)/p+1/t12-,13-/m1/s1. The van der Waals surface area contributed by atoms with Gasteiger partial charge in [-0.3, -0.25) is 28.8 Å². The molecule has 1 unspecified atom stereocenters. The minimum atomic E-state index is -1.01. The van der Waals surface area contributed by atoms with Gasteiger partial charge in [-0.1, -0.05) is 12.1 Å². The number of aromatic amines is 1. The molecule has 2 aliphatic heterocycles. The number of aromatic nitrogens is 2. The van der Waals surface area contributed by atoms with Crippen LogP contribution < -0.4 is 16.1 Å². The van der Waals surface area contributed by atoms with E-state index in [0.29, 0.717) is 34.6 Å². The Labute approximate surface area is 170 Å². The summed E-state index contributed by atoms with van der Waals surface area (Å²) in [5, 5.41) is 9.31. The van der Waals surface area contributed by atoms with Crippen LogP contribution in [0.25, 0.3) is 0 Å². The maximum Gasteiger partial charge on any atom is 0.359 e. The fourth-order valence-electron chi connectivity index (χ4n) is 4.36. The van der Waals surface area contributed by atoms with Crippen molar-refractivity contribution in [1.29, 1.82) is 0 Å². The Balaban J connectivity index is 1.61. The first kappa shape index (κ1) is 19.8. The van der Waals surface area contributed by atoms with E-state index in [1.54, 1.807) is 31.2 Å². The molecule has 156 valence electrons. The van der Waals surface area contributed by atoms with Gasteiger partial charge in [0.1, 0.15) is 6.04 Å². The third kappa shape index (κ3) is 3.35. The van der Waals surface area contributed by atoms with E-state index in [1.807, 2.05) is 0 Å². The number of aryl methyl sites for hydroxylation is 1. The Bertz CT molecular complexity index is 1130. The number of hydrogen-bond donors (Lipinski definition) is 3. The van der Waals surface area contributed by atoms with Gasteiger partial charge in [0.05, 0.1) is 30.3 Å². The Hall–Kier alpha value is -3.53. The number of carbonyl (C=O) groups is 3. The first-order chi connectivity index (χ1) is 14.3. The number of likely N-dealkylation sites (tertiary alicyclic amines) is 1. The normalized spacial score (nSPS) is 23.1. The van der Waals surface area contributed by atoms with Crippen molar-refractivity contribution in [3.63, 3.8) is 0 Å². The lowest BCUT2D eigenvalue weighted by atomic mass is 10.1. The Morgan fingerprint density at radius 3 is 2.40 bits per heavy atom. The molecule has 3 atom stereocenters. The molecule has 1 aromatic heterocycles. The van der Waals surface area contributed by atoms with E-state index in [1.165, 1.54) is 10.8 Å². The average molecular weight is 413 g/mol. The number of rotatable bonds is 5. The second kappa shape index (κ2) is 7.38. The predicted octanol–water partition coefficient (Wildman–Crippen LogP) is -1.58. The van der Waals surface area contributed by atoms with Crippen LogP contribution in [0.1, 0.15) is 38.7 Å². The van der Waals surface area contributed by atoms with Gasteiger partial charge in [-0.25, -0.2) is 9.59 Å². The van der Waals surface area contributed by atoms with Gasteiger partial charge >= 0.3 is 11.7 Å². The number of carbonyl (C=O) groups excluding carboxylic acids is 2. The van der Waals surface area contributed by atoms with Gasteiger partial charge in [-0.15, -0.1) is 0 Å². The number of fused-ring (bicyclic) bond motifs is 1. The van der Waals surface area contributed by atoms with Crippen molar-refractivity contribution >= 4 is 17.8 Å². The highest BCUT2D eigenvalue weighted by atomic mass is 16.4. The van der Waals surface area contributed by atoms with Gasteiger partial charge in [0.25, 0.3) is 17.4 Å². The Morgan fingerprint density at radius 2 is 1.80 bits per heavy atom. The Kier molecular flexibility index (Phi) is 4.86. The quantitative estimate of drug-likeness (QED) is 0.507. The molecular formula is C20H21N4O6+. The van der Waals surface area contributed by atoms with Crippen LogP contribution in [-0.2, 0) is 4.79 Å². The molecule has 3 heterocycles. The van der Waals surface area contributed by atoms with Crippen LogP contribution in [0.2, 0.25) is 0 Å². The number of carboxylic acid groups (broad SMARTS) is 1. The Morgan fingerprint density at radius 1 is 1.17 bits per heavy atom. The molecule has 0 spiro atoms. The van der Waals surface area contributed by atoms with E-state index in [9.17, 15) is 29.1 Å². The number of benzene rings is 1. The number of aliphatic carboxylic acids is 1. The molecule has 0 aliphatic carbocycles. The third-order valence-corrected chi connectivity index (χ3v) is 5.83. The number of nitrogens with one attached hydrogen (secondary N) is 2. The van der Waals surface area contributed by atoms with Crippen LogP contribution >= 0.6 is 0 Å². The van der Waals surface area contributed by atoms with Crippen LogP contribution in [-0.4, -0.2) is 63.0 Å². The molecule has 2 aliphatic rings. The number of imide groups is 1. The predicted molar refractivity (Wildman–Crippen MR) is 104 cm³/mol. The van der Waals surface area contributed by atoms with Gasteiger partial charge in [0.2, 0.25) is 0 Å². The lowest BCUT2D eigenvalue weighted by Gasteiger charge is -2.23. The van der Waals surface area contributed by atoms with Crippen LogP contribution in [0.15, 0.2) is 40.1 Å². The number of carboxylic acids is 1. The fourth-order valence-corrected chi connectivity index (χ4v) is 4.36. The largest absolute Gasteiger partial charge is 0.477 e. The fraction of sp³-hybridized carbons (Fsp3) is 0.350. The van der Waals surface area contributed by atoms with E-state index in [2.05, 4.69) is 4.98 Å². The maximum absolute atomic E-state index is 12.7. The second-order valence-corrected chi connectivity index (χ2v) is 7.76. The summed E-state index contributed by atoms with van der Waals surface area (Å²) >= 11 is 0. The minimum absolute atomic E-state index is 0.0581. The van der Waals surface area contributed by atoms with Crippen LogP contribution in [0, 0.1) is 6.92 Å². The van der Waals surface area contributed by atoms with Crippen molar-refractivity contribution < 1.29 is 24.4 Å². The maximum atomic E-state index is 12.7. The topological polar surface area (TPSA) is 134 Å². The molecule has 0 radical (unpaired) electrons. The minimum Gasteiger partial charge on any atom is -0.477 e. The summed E-state index contributed by atoms with van der Waals surface area (Å²) in [7, 11) is 0. The first-order valence-corrected chi connectivity index (χ1v) is 9.60. The SMILES string of the molecule is Cc1cn([C@@H]2C[C@H](CN3C(=O)c4ccccc4C3=O)[NH+](CC(=O)O)C2)c(=O)[nH]c1=O. The van der Waals surface area contributed by atoms with Crippen molar-refractivity contribution in [2.75, 3.05) is 19.6 Å². The zero-order valence-corrected chi connectivity index (χ0v) is 16.3. The van der Waals surface area contributed by atoms with Crippen molar-refractivity contribution in [3.8, 4) is 0 Å². The summed E-state index contributed by atoms with van der Waals surface area (Å²) in [6.07, 6.45) is 1.86. The average Bonchev–Trinajstić information content (AvgIpc) is 3.19. The molecule has 2 aromatic rings. The molecule has 1 aromatic carbocycles. The summed E-state index contributed by atoms with van der Waals surface area (Å²) in [6.45, 7) is 1.76. The molecular weight excluding hydrogens is 392 g/mol. The second-order valence-electron chi connectivity index (χ2n) is 7.76. The van der Waals surface area contributed by atoms with Gasteiger partial charge < -0.3 is 10.0 Å². The van der Waals surface area contributed by atoms with E-state index in [-0.39, 0.29) is 25.2 Å². The lowest BCUT2D eigenvalue weighted by molar-refractivity contribution is -0.905. The third-order valence-electron chi connectivity index (χ3n) is 5.83. The van der Waals surface area contributed by atoms with E-state index in [0.717, 1.165) is 4.90 Å². The smallest absolute Gasteiger partial charge is 0.359 e. The lowest BCUT2D eigenvalue weighted by Crippen LogP contribution is -3.15. The summed E-state index contributed by atoms with van der Waals surface area (Å²) < 4.78 is 1.40. The van der Waals surface area contributed by atoms with Crippen LogP contribution in [0.4, 0.5) is 0 Å². The van der Waals surface area contributed by atoms with E-state index < -0.39 is 29.0 Å². The highest BCUT2D eigenvalue weighted by Crippen LogP contribution is 2.24. The summed E-state index contributed by atoms with van der Waals surface area (Å²) in [5.41, 5.74) is 0.0185. The zero-order valence-electron chi connectivity index (χ0n) is 16.3. The molecule has 10 nitrogen and oxygen atoms in total. The van der Waals surface area contributed by atoms with Crippen LogP contribution in [0.5, 0.6) is 0 Å². The monoisotopic (exact) mass is 413 g/mol.